The van der Waals surface area contributed by atoms with Crippen LogP contribution in [0.1, 0.15) is 23.2 Å². The van der Waals surface area contributed by atoms with Crippen LogP contribution in [0.2, 0.25) is 0 Å². The molecule has 0 aliphatic carbocycles. The number of anilines is 1. The summed E-state index contributed by atoms with van der Waals surface area (Å²) in [6, 6.07) is 9.09. The Hall–Kier alpha value is -2.38. The van der Waals surface area contributed by atoms with E-state index in [2.05, 4.69) is 15.4 Å². The molecule has 7 heteroatoms. The number of aromatic carboxylic acids is 1. The lowest BCUT2D eigenvalue weighted by Crippen LogP contribution is -2.39. The van der Waals surface area contributed by atoms with Gasteiger partial charge in [0.25, 0.3) is 0 Å². The van der Waals surface area contributed by atoms with E-state index in [9.17, 15) is 15.0 Å². The zero-order chi connectivity index (χ0) is 17.6. The molecule has 0 saturated carbocycles. The molecule has 0 amide bonds. The lowest BCUT2D eigenvalue weighted by molar-refractivity contribution is 0.0698. The summed E-state index contributed by atoms with van der Waals surface area (Å²) < 4.78 is 5.28. The number of likely N-dealkylation sites (tertiary alicyclic amines) is 1. The number of aliphatic hydroxyl groups excluding tert-OH is 1. The van der Waals surface area contributed by atoms with Crippen molar-refractivity contribution in [3.8, 4) is 11.3 Å². The average Bonchev–Trinajstić information content (AvgIpc) is 3.07. The fraction of sp³-hybridized carbons (Fsp3) is 0.444. The normalized spacial score (nSPS) is 18.2. The highest BCUT2D eigenvalue weighted by molar-refractivity contribution is 5.99. The number of rotatable bonds is 7. The van der Waals surface area contributed by atoms with Gasteiger partial charge < -0.3 is 25.0 Å². The van der Waals surface area contributed by atoms with E-state index in [0.29, 0.717) is 18.0 Å². The third kappa shape index (κ3) is 4.18. The number of carbonyl (C=O) groups is 1. The van der Waals surface area contributed by atoms with Crippen molar-refractivity contribution in [2.24, 2.45) is 5.92 Å². The predicted molar refractivity (Wildman–Crippen MR) is 93.6 cm³/mol. The van der Waals surface area contributed by atoms with E-state index in [0.717, 1.165) is 32.5 Å². The van der Waals surface area contributed by atoms with Gasteiger partial charge in [-0.3, -0.25) is 0 Å². The molecule has 7 nitrogen and oxygen atoms in total. The molecule has 1 saturated heterocycles. The van der Waals surface area contributed by atoms with Gasteiger partial charge in [-0.2, -0.15) is 0 Å². The number of aromatic nitrogens is 1. The Morgan fingerprint density at radius 2 is 2.16 bits per heavy atom. The van der Waals surface area contributed by atoms with Gasteiger partial charge >= 0.3 is 5.97 Å². The van der Waals surface area contributed by atoms with Gasteiger partial charge in [0, 0.05) is 31.8 Å². The third-order valence-electron chi connectivity index (χ3n) is 4.52. The van der Waals surface area contributed by atoms with E-state index in [1.165, 1.54) is 0 Å². The van der Waals surface area contributed by atoms with Crippen molar-refractivity contribution in [3.05, 3.63) is 35.9 Å². The van der Waals surface area contributed by atoms with E-state index in [1.54, 1.807) is 12.1 Å². The lowest BCUT2D eigenvalue weighted by atomic mass is 9.99. The first-order chi connectivity index (χ1) is 12.2. The number of carboxylic acids is 1. The van der Waals surface area contributed by atoms with Crippen molar-refractivity contribution < 1.29 is 19.5 Å². The third-order valence-corrected chi connectivity index (χ3v) is 4.52. The molecule has 1 aromatic heterocycles. The summed E-state index contributed by atoms with van der Waals surface area (Å²) >= 11 is 0. The van der Waals surface area contributed by atoms with Crippen LogP contribution >= 0.6 is 0 Å². The average molecular weight is 345 g/mol. The van der Waals surface area contributed by atoms with Crippen LogP contribution in [0.5, 0.6) is 0 Å². The molecule has 1 atom stereocenters. The molecule has 1 aliphatic rings. The Bertz CT molecular complexity index is 702. The summed E-state index contributed by atoms with van der Waals surface area (Å²) in [5, 5.41) is 25.8. The van der Waals surface area contributed by atoms with Crippen LogP contribution < -0.4 is 5.32 Å². The molecule has 0 radical (unpaired) electrons. The van der Waals surface area contributed by atoms with Crippen LogP contribution in [0.4, 0.5) is 5.82 Å². The van der Waals surface area contributed by atoms with Gasteiger partial charge in [0.2, 0.25) is 0 Å². The van der Waals surface area contributed by atoms with Gasteiger partial charge in [0.15, 0.2) is 17.1 Å². The molecular formula is C18H23N3O4. The van der Waals surface area contributed by atoms with Gasteiger partial charge in [0.05, 0.1) is 0 Å². The number of hydrogen-bond acceptors (Lipinski definition) is 6. The number of nitrogens with one attached hydrogen (secondary N) is 1. The van der Waals surface area contributed by atoms with E-state index in [-0.39, 0.29) is 23.7 Å². The number of benzene rings is 1. The Kier molecular flexibility index (Phi) is 5.67. The predicted octanol–water partition coefficient (Wildman–Crippen LogP) is 2.16. The summed E-state index contributed by atoms with van der Waals surface area (Å²) in [4.78, 5) is 13.9. The van der Waals surface area contributed by atoms with E-state index < -0.39 is 5.97 Å². The van der Waals surface area contributed by atoms with E-state index >= 15 is 0 Å². The molecule has 2 aromatic rings. The van der Waals surface area contributed by atoms with Crippen molar-refractivity contribution in [1.82, 2.24) is 10.1 Å². The van der Waals surface area contributed by atoms with Crippen LogP contribution in [-0.4, -0.2) is 59.0 Å². The quantitative estimate of drug-likeness (QED) is 0.707. The summed E-state index contributed by atoms with van der Waals surface area (Å²) in [6.45, 7) is 3.43. The summed E-state index contributed by atoms with van der Waals surface area (Å²) in [5.74, 6) is -0.225. The van der Waals surface area contributed by atoms with Gasteiger partial charge in [-0.05, 0) is 25.3 Å². The maximum atomic E-state index is 11.6. The topological polar surface area (TPSA) is 98.8 Å². The van der Waals surface area contributed by atoms with Gasteiger partial charge in [-0.1, -0.05) is 35.5 Å². The number of aliphatic hydroxyl groups is 1. The van der Waals surface area contributed by atoms with Crippen molar-refractivity contribution in [1.29, 1.82) is 0 Å². The van der Waals surface area contributed by atoms with E-state index in [1.807, 2.05) is 18.2 Å². The number of hydrogen-bond donors (Lipinski definition) is 3. The lowest BCUT2D eigenvalue weighted by Gasteiger charge is -2.31. The SMILES string of the molecule is O=C(O)c1c(NCCN2CCCC(CO)C2)noc1-c1ccccc1. The van der Waals surface area contributed by atoms with Crippen molar-refractivity contribution in [2.75, 3.05) is 38.1 Å². The van der Waals surface area contributed by atoms with Crippen molar-refractivity contribution in [2.45, 2.75) is 12.8 Å². The van der Waals surface area contributed by atoms with E-state index in [4.69, 9.17) is 4.52 Å². The highest BCUT2D eigenvalue weighted by atomic mass is 16.5. The smallest absolute Gasteiger partial charge is 0.343 e. The van der Waals surface area contributed by atoms with Crippen LogP contribution in [0.25, 0.3) is 11.3 Å². The molecule has 1 fully saturated rings. The Morgan fingerprint density at radius 3 is 2.88 bits per heavy atom. The highest BCUT2D eigenvalue weighted by Gasteiger charge is 2.24. The first-order valence-electron chi connectivity index (χ1n) is 8.54. The first-order valence-corrected chi connectivity index (χ1v) is 8.54. The van der Waals surface area contributed by atoms with Gasteiger partial charge in [-0.15, -0.1) is 0 Å². The second-order valence-corrected chi connectivity index (χ2v) is 6.32. The number of carboxylic acid groups (broad SMARTS) is 1. The molecular weight excluding hydrogens is 322 g/mol. The molecule has 0 spiro atoms. The van der Waals surface area contributed by atoms with Crippen LogP contribution in [0, 0.1) is 5.92 Å². The molecule has 1 aromatic carbocycles. The minimum Gasteiger partial charge on any atom is -0.477 e. The first kappa shape index (κ1) is 17.4. The van der Waals surface area contributed by atoms with Gasteiger partial charge in [-0.25, -0.2) is 4.79 Å². The Labute approximate surface area is 146 Å². The van der Waals surface area contributed by atoms with Crippen LogP contribution in [0.3, 0.4) is 0 Å². The fourth-order valence-corrected chi connectivity index (χ4v) is 3.23. The molecule has 2 heterocycles. The highest BCUT2D eigenvalue weighted by Crippen LogP contribution is 2.29. The largest absolute Gasteiger partial charge is 0.477 e. The van der Waals surface area contributed by atoms with Crippen LogP contribution in [0.15, 0.2) is 34.9 Å². The molecule has 3 N–H and O–H groups in total. The zero-order valence-electron chi connectivity index (χ0n) is 14.0. The van der Waals surface area contributed by atoms with Crippen molar-refractivity contribution >= 4 is 11.8 Å². The Morgan fingerprint density at radius 1 is 1.36 bits per heavy atom. The minimum absolute atomic E-state index is 0.0538. The minimum atomic E-state index is -1.07. The number of piperidine rings is 1. The molecule has 1 unspecified atom stereocenters. The monoisotopic (exact) mass is 345 g/mol. The zero-order valence-corrected chi connectivity index (χ0v) is 14.0. The summed E-state index contributed by atoms with van der Waals surface area (Å²) in [6.07, 6.45) is 2.14. The second kappa shape index (κ2) is 8.13. The summed E-state index contributed by atoms with van der Waals surface area (Å²) in [5.41, 5.74) is 0.736. The molecule has 0 bridgehead atoms. The van der Waals surface area contributed by atoms with Crippen molar-refractivity contribution in [3.63, 3.8) is 0 Å². The number of nitrogens with zero attached hydrogens (tertiary/aromatic N) is 2. The Balaban J connectivity index is 1.65. The maximum absolute atomic E-state index is 11.6. The second-order valence-electron chi connectivity index (χ2n) is 6.32. The standard InChI is InChI=1S/C18H23N3O4/c22-12-13-5-4-9-21(11-13)10-8-19-17-15(18(23)24)16(25-20-17)14-6-2-1-3-7-14/h1-3,6-7,13,22H,4-5,8-12H2,(H,19,20)(H,23,24). The summed E-state index contributed by atoms with van der Waals surface area (Å²) in [7, 11) is 0. The molecule has 3 rings (SSSR count). The molecule has 25 heavy (non-hydrogen) atoms. The fourth-order valence-electron chi connectivity index (χ4n) is 3.23. The van der Waals surface area contributed by atoms with Crippen LogP contribution in [-0.2, 0) is 0 Å². The maximum Gasteiger partial charge on any atom is 0.343 e. The molecule has 134 valence electrons. The molecule has 1 aliphatic heterocycles. The van der Waals surface area contributed by atoms with Gasteiger partial charge in [0.1, 0.15) is 0 Å².